The van der Waals surface area contributed by atoms with Crippen molar-refractivity contribution in [1.29, 1.82) is 0 Å². The normalized spacial score (nSPS) is 11.6. The summed E-state index contributed by atoms with van der Waals surface area (Å²) in [7, 11) is 0. The van der Waals surface area contributed by atoms with Crippen molar-refractivity contribution in [2.24, 2.45) is 0 Å². The molecule has 0 radical (unpaired) electrons. The highest BCUT2D eigenvalue weighted by molar-refractivity contribution is 5.95. The number of amides is 2. The summed E-state index contributed by atoms with van der Waals surface area (Å²) in [5, 5.41) is 9.16. The monoisotopic (exact) mass is 521 g/mol. The maximum atomic E-state index is 12.7. The Balaban J connectivity index is 1.49. The highest BCUT2D eigenvalue weighted by Gasteiger charge is 2.12. The summed E-state index contributed by atoms with van der Waals surface area (Å²) >= 11 is 0. The fraction of sp³-hybridized carbons (Fsp3) is 0.576. The lowest BCUT2D eigenvalue weighted by atomic mass is 10.0. The Morgan fingerprint density at radius 3 is 1.89 bits per heavy atom. The van der Waals surface area contributed by atoms with Crippen molar-refractivity contribution in [2.45, 2.75) is 110 Å². The largest absolute Gasteiger partial charge is 0.376 e. The second-order valence-corrected chi connectivity index (χ2v) is 10.5. The first-order valence-electron chi connectivity index (χ1n) is 15.1. The van der Waals surface area contributed by atoms with Crippen molar-refractivity contribution in [2.75, 3.05) is 18.4 Å². The van der Waals surface area contributed by atoms with E-state index < -0.39 is 0 Å². The summed E-state index contributed by atoms with van der Waals surface area (Å²) in [5.41, 5.74) is 2.39. The van der Waals surface area contributed by atoms with Gasteiger partial charge in [-0.3, -0.25) is 9.59 Å². The highest BCUT2D eigenvalue weighted by atomic mass is 16.2. The Morgan fingerprint density at radius 1 is 0.711 bits per heavy atom. The van der Waals surface area contributed by atoms with E-state index in [1.165, 1.54) is 83.5 Å². The fourth-order valence-corrected chi connectivity index (χ4v) is 4.67. The van der Waals surface area contributed by atoms with E-state index in [-0.39, 0.29) is 24.4 Å². The van der Waals surface area contributed by atoms with Crippen LogP contribution in [0.15, 0.2) is 54.6 Å². The molecule has 0 aromatic heterocycles. The van der Waals surface area contributed by atoms with E-state index in [2.05, 4.69) is 22.9 Å². The number of unbranched alkanes of at least 4 members (excludes halogenated alkanes) is 13. The second kappa shape index (κ2) is 20.2. The maximum Gasteiger partial charge on any atom is 0.251 e. The molecule has 1 atom stereocenters. The van der Waals surface area contributed by atoms with E-state index >= 15 is 0 Å². The molecule has 0 saturated carbocycles. The first kappa shape index (κ1) is 31.4. The lowest BCUT2D eigenvalue weighted by molar-refractivity contribution is -0.119. The summed E-state index contributed by atoms with van der Waals surface area (Å²) in [6.07, 6.45) is 18.6. The van der Waals surface area contributed by atoms with Gasteiger partial charge in [0.25, 0.3) is 5.91 Å². The predicted molar refractivity (Wildman–Crippen MR) is 161 cm³/mol. The fourth-order valence-electron chi connectivity index (χ4n) is 4.67. The standard InChI is InChI=1S/C33H51N3O2/c1-3-4-5-6-7-8-9-10-11-12-13-14-15-19-25-34-32(37)27-35-31-24-20-23-30(26-31)33(38)36-28(2)29-21-17-16-18-22-29/h16-18,20-24,26,28,35H,3-15,19,25,27H2,1-2H3,(H,34,37)(H,36,38). The minimum atomic E-state index is -0.132. The van der Waals surface area contributed by atoms with Crippen molar-refractivity contribution in [3.05, 3.63) is 65.7 Å². The van der Waals surface area contributed by atoms with Crippen LogP contribution in [0.5, 0.6) is 0 Å². The number of rotatable bonds is 21. The summed E-state index contributed by atoms with van der Waals surface area (Å²) in [4.78, 5) is 24.9. The molecule has 3 N–H and O–H groups in total. The number of hydrogen-bond acceptors (Lipinski definition) is 3. The molecular formula is C33H51N3O2. The third kappa shape index (κ3) is 14.2. The lowest BCUT2D eigenvalue weighted by Gasteiger charge is -2.15. The molecule has 0 aliphatic carbocycles. The lowest BCUT2D eigenvalue weighted by Crippen LogP contribution is -2.30. The van der Waals surface area contributed by atoms with Crippen LogP contribution < -0.4 is 16.0 Å². The van der Waals surface area contributed by atoms with Gasteiger partial charge in [0.1, 0.15) is 0 Å². The van der Waals surface area contributed by atoms with E-state index in [4.69, 9.17) is 0 Å². The van der Waals surface area contributed by atoms with Gasteiger partial charge in [0, 0.05) is 17.8 Å². The first-order chi connectivity index (χ1) is 18.6. The SMILES string of the molecule is CCCCCCCCCCCCCCCCNC(=O)CNc1cccc(C(=O)NC(C)c2ccccc2)c1. The zero-order valence-corrected chi connectivity index (χ0v) is 23.9. The number of carbonyl (C=O) groups excluding carboxylic acids is 2. The third-order valence-electron chi connectivity index (χ3n) is 7.08. The highest BCUT2D eigenvalue weighted by Crippen LogP contribution is 2.15. The number of hydrogen-bond donors (Lipinski definition) is 3. The zero-order valence-electron chi connectivity index (χ0n) is 23.9. The molecule has 0 saturated heterocycles. The average Bonchev–Trinajstić information content (AvgIpc) is 2.94. The molecule has 0 heterocycles. The molecule has 0 bridgehead atoms. The molecule has 5 nitrogen and oxygen atoms in total. The van der Waals surface area contributed by atoms with Crippen LogP contribution in [0.4, 0.5) is 5.69 Å². The van der Waals surface area contributed by atoms with E-state index in [1.54, 1.807) is 12.1 Å². The minimum Gasteiger partial charge on any atom is -0.376 e. The van der Waals surface area contributed by atoms with Crippen LogP contribution in [0.3, 0.4) is 0 Å². The van der Waals surface area contributed by atoms with E-state index in [0.717, 1.165) is 24.2 Å². The predicted octanol–water partition coefficient (Wildman–Crippen LogP) is 8.19. The van der Waals surface area contributed by atoms with Crippen molar-refractivity contribution in [1.82, 2.24) is 10.6 Å². The molecule has 0 aliphatic heterocycles. The quantitative estimate of drug-likeness (QED) is 0.145. The number of nitrogens with one attached hydrogen (secondary N) is 3. The zero-order chi connectivity index (χ0) is 27.3. The molecule has 0 spiro atoms. The molecule has 1 unspecified atom stereocenters. The summed E-state index contributed by atoms with van der Waals surface area (Å²) < 4.78 is 0. The van der Waals surface area contributed by atoms with Crippen LogP contribution in [0.2, 0.25) is 0 Å². The van der Waals surface area contributed by atoms with Crippen LogP contribution in [-0.4, -0.2) is 24.9 Å². The third-order valence-corrected chi connectivity index (χ3v) is 7.08. The molecule has 2 aromatic carbocycles. The molecule has 210 valence electrons. The van der Waals surface area contributed by atoms with Gasteiger partial charge in [-0.2, -0.15) is 0 Å². The molecule has 38 heavy (non-hydrogen) atoms. The Morgan fingerprint density at radius 2 is 1.29 bits per heavy atom. The second-order valence-electron chi connectivity index (χ2n) is 10.5. The van der Waals surface area contributed by atoms with Gasteiger partial charge in [0.15, 0.2) is 0 Å². The summed E-state index contributed by atoms with van der Waals surface area (Å²) in [6.45, 7) is 5.16. The molecule has 5 heteroatoms. The molecule has 0 fully saturated rings. The number of carbonyl (C=O) groups is 2. The van der Waals surface area contributed by atoms with Crippen LogP contribution in [0.1, 0.15) is 126 Å². The molecule has 2 aromatic rings. The van der Waals surface area contributed by atoms with Gasteiger partial charge in [-0.05, 0) is 37.1 Å². The van der Waals surface area contributed by atoms with E-state index in [1.807, 2.05) is 49.4 Å². The molecule has 2 rings (SSSR count). The van der Waals surface area contributed by atoms with Crippen LogP contribution in [0.25, 0.3) is 0 Å². The Hall–Kier alpha value is -2.82. The van der Waals surface area contributed by atoms with Crippen LogP contribution in [0, 0.1) is 0 Å². The van der Waals surface area contributed by atoms with Gasteiger partial charge >= 0.3 is 0 Å². The van der Waals surface area contributed by atoms with Gasteiger partial charge in [-0.1, -0.05) is 127 Å². The minimum absolute atomic E-state index is 0.0211. The van der Waals surface area contributed by atoms with Crippen molar-refractivity contribution < 1.29 is 9.59 Å². The van der Waals surface area contributed by atoms with E-state index in [9.17, 15) is 9.59 Å². The van der Waals surface area contributed by atoms with Crippen molar-refractivity contribution in [3.63, 3.8) is 0 Å². The van der Waals surface area contributed by atoms with Crippen LogP contribution in [-0.2, 0) is 4.79 Å². The van der Waals surface area contributed by atoms with E-state index in [0.29, 0.717) is 5.56 Å². The van der Waals surface area contributed by atoms with Crippen molar-refractivity contribution in [3.8, 4) is 0 Å². The van der Waals surface area contributed by atoms with Gasteiger partial charge in [-0.25, -0.2) is 0 Å². The average molecular weight is 522 g/mol. The van der Waals surface area contributed by atoms with Gasteiger partial charge in [0.2, 0.25) is 5.91 Å². The number of anilines is 1. The maximum absolute atomic E-state index is 12.7. The topological polar surface area (TPSA) is 70.2 Å². The smallest absolute Gasteiger partial charge is 0.251 e. The molecule has 2 amide bonds. The Bertz CT molecular complexity index is 900. The molecular weight excluding hydrogens is 470 g/mol. The van der Waals surface area contributed by atoms with Gasteiger partial charge in [-0.15, -0.1) is 0 Å². The van der Waals surface area contributed by atoms with Gasteiger partial charge in [0.05, 0.1) is 12.6 Å². The Kier molecular flexibility index (Phi) is 16.7. The number of benzene rings is 2. The van der Waals surface area contributed by atoms with Crippen LogP contribution >= 0.6 is 0 Å². The van der Waals surface area contributed by atoms with Gasteiger partial charge < -0.3 is 16.0 Å². The summed E-state index contributed by atoms with van der Waals surface area (Å²) in [5.74, 6) is -0.153. The first-order valence-corrected chi connectivity index (χ1v) is 15.1. The summed E-state index contributed by atoms with van der Waals surface area (Å²) in [6, 6.07) is 17.1. The Labute approximate surface area is 231 Å². The van der Waals surface area contributed by atoms with Crippen molar-refractivity contribution >= 4 is 17.5 Å². The molecule has 0 aliphatic rings.